The maximum Gasteiger partial charge on any atom is 0.229 e. The third-order valence-corrected chi connectivity index (χ3v) is 4.78. The quantitative estimate of drug-likeness (QED) is 0.915. The van der Waals surface area contributed by atoms with Gasteiger partial charge in [0.15, 0.2) is 5.82 Å². The Balaban J connectivity index is 1.43. The number of rotatable bonds is 3. The van der Waals surface area contributed by atoms with Gasteiger partial charge in [0.1, 0.15) is 24.3 Å². The number of aromatic amines is 1. The van der Waals surface area contributed by atoms with E-state index in [0.717, 1.165) is 30.0 Å². The molecule has 0 radical (unpaired) electrons. The predicted octanol–water partition coefficient (Wildman–Crippen LogP) is 1.52. The Morgan fingerprint density at radius 3 is 3.12 bits per heavy atom. The van der Waals surface area contributed by atoms with Gasteiger partial charge in [-0.2, -0.15) is 5.10 Å². The molecule has 1 saturated heterocycles. The van der Waals surface area contributed by atoms with Crippen LogP contribution in [0.4, 0.5) is 0 Å². The highest BCUT2D eigenvalue weighted by Crippen LogP contribution is 2.29. The van der Waals surface area contributed by atoms with Gasteiger partial charge in [-0.15, -0.1) is 0 Å². The van der Waals surface area contributed by atoms with E-state index in [4.69, 9.17) is 9.47 Å². The normalized spacial score (nSPS) is 23.0. The second-order valence-electron chi connectivity index (χ2n) is 6.46. The minimum Gasteiger partial charge on any atom is -0.492 e. The van der Waals surface area contributed by atoms with Crippen molar-refractivity contribution >= 4 is 5.91 Å². The van der Waals surface area contributed by atoms with Crippen molar-refractivity contribution in [2.75, 3.05) is 26.3 Å². The van der Waals surface area contributed by atoms with Gasteiger partial charge < -0.3 is 14.4 Å². The highest BCUT2D eigenvalue weighted by Gasteiger charge is 2.34. The van der Waals surface area contributed by atoms with Crippen LogP contribution in [-0.4, -0.2) is 52.3 Å². The first-order valence-corrected chi connectivity index (χ1v) is 8.77. The summed E-state index contributed by atoms with van der Waals surface area (Å²) >= 11 is 0. The first-order chi connectivity index (χ1) is 12.2. The molecule has 1 amide bonds. The molecule has 0 saturated carbocycles. The predicted molar refractivity (Wildman–Crippen MR) is 90.2 cm³/mol. The van der Waals surface area contributed by atoms with E-state index < -0.39 is 0 Å². The monoisotopic (exact) mass is 342 g/mol. The summed E-state index contributed by atoms with van der Waals surface area (Å²) in [5.74, 6) is 2.32. The lowest BCUT2D eigenvalue weighted by molar-refractivity contribution is -0.145. The van der Waals surface area contributed by atoms with E-state index in [2.05, 4.69) is 15.2 Å². The number of carbonyl (C=O) groups excluding carboxylic acids is 1. The third kappa shape index (κ3) is 3.24. The van der Waals surface area contributed by atoms with Gasteiger partial charge in [-0.25, -0.2) is 4.98 Å². The van der Waals surface area contributed by atoms with Gasteiger partial charge in [0.2, 0.25) is 5.91 Å². The van der Waals surface area contributed by atoms with Gasteiger partial charge in [0, 0.05) is 13.0 Å². The molecule has 132 valence electrons. The maximum atomic E-state index is 12.9. The Kier molecular flexibility index (Phi) is 4.40. The zero-order valence-electron chi connectivity index (χ0n) is 14.3. The summed E-state index contributed by atoms with van der Waals surface area (Å²) in [6, 6.07) is 7.91. The van der Waals surface area contributed by atoms with E-state index in [-0.39, 0.29) is 17.9 Å². The maximum absolute atomic E-state index is 12.9. The molecule has 0 aliphatic carbocycles. The number of hydrogen-bond acceptors (Lipinski definition) is 5. The van der Waals surface area contributed by atoms with Crippen molar-refractivity contribution < 1.29 is 14.3 Å². The number of aromatic nitrogens is 3. The topological polar surface area (TPSA) is 80.3 Å². The number of ether oxygens (including phenoxy) is 2. The number of para-hydroxylation sites is 1. The zero-order chi connectivity index (χ0) is 17.2. The van der Waals surface area contributed by atoms with Crippen LogP contribution in [0.15, 0.2) is 24.3 Å². The molecule has 2 aliphatic rings. The Morgan fingerprint density at radius 1 is 1.40 bits per heavy atom. The minimum atomic E-state index is -0.272. The minimum absolute atomic E-state index is 0.119. The van der Waals surface area contributed by atoms with Crippen molar-refractivity contribution in [3.63, 3.8) is 0 Å². The van der Waals surface area contributed by atoms with Crippen molar-refractivity contribution in [1.82, 2.24) is 20.1 Å². The molecule has 1 N–H and O–H groups in total. The second kappa shape index (κ2) is 6.84. The Hall–Kier alpha value is -2.41. The molecule has 7 nitrogen and oxygen atoms in total. The molecule has 1 aromatic carbocycles. The molecule has 0 spiro atoms. The van der Waals surface area contributed by atoms with Crippen molar-refractivity contribution in [3.05, 3.63) is 41.5 Å². The van der Waals surface area contributed by atoms with Gasteiger partial charge >= 0.3 is 0 Å². The number of H-pyrrole nitrogens is 1. The molecule has 25 heavy (non-hydrogen) atoms. The van der Waals surface area contributed by atoms with E-state index >= 15 is 0 Å². The van der Waals surface area contributed by atoms with Crippen LogP contribution in [0.2, 0.25) is 0 Å². The number of nitrogens with zero attached hydrogens (tertiary/aromatic N) is 3. The second-order valence-corrected chi connectivity index (χ2v) is 6.46. The van der Waals surface area contributed by atoms with Crippen LogP contribution in [0.5, 0.6) is 5.75 Å². The van der Waals surface area contributed by atoms with Crippen LogP contribution in [0.1, 0.15) is 30.2 Å². The lowest BCUT2D eigenvalue weighted by atomic mass is 9.95. The van der Waals surface area contributed by atoms with Crippen molar-refractivity contribution in [2.45, 2.75) is 25.9 Å². The first kappa shape index (κ1) is 16.1. The summed E-state index contributed by atoms with van der Waals surface area (Å²) in [7, 11) is 0. The standard InChI is InChI=1S/C18H22N4O3/c1-2-16-19-17(21-20-16)15-10-22(7-8-24-15)18(23)13-9-12-5-3-4-6-14(12)25-11-13/h3-6,13,15H,2,7-11H2,1H3,(H,19,20,21). The Labute approximate surface area is 146 Å². The lowest BCUT2D eigenvalue weighted by Gasteiger charge is -2.35. The molecule has 7 heteroatoms. The van der Waals surface area contributed by atoms with E-state index in [9.17, 15) is 4.79 Å². The third-order valence-electron chi connectivity index (χ3n) is 4.78. The SMILES string of the molecule is CCc1nc(C2CN(C(=O)C3COc4ccccc4C3)CCO2)n[nH]1. The highest BCUT2D eigenvalue weighted by atomic mass is 16.5. The number of morpholine rings is 1. The number of amides is 1. The molecular weight excluding hydrogens is 320 g/mol. The fourth-order valence-electron chi connectivity index (χ4n) is 3.36. The fraction of sp³-hybridized carbons (Fsp3) is 0.500. The van der Waals surface area contributed by atoms with E-state index in [0.29, 0.717) is 32.1 Å². The van der Waals surface area contributed by atoms with Gasteiger partial charge in [-0.1, -0.05) is 25.1 Å². The summed E-state index contributed by atoms with van der Waals surface area (Å²) in [4.78, 5) is 19.2. The number of aryl methyl sites for hydroxylation is 1. The Morgan fingerprint density at radius 2 is 2.28 bits per heavy atom. The highest BCUT2D eigenvalue weighted by molar-refractivity contribution is 5.80. The van der Waals surface area contributed by atoms with Gasteiger partial charge in [-0.3, -0.25) is 9.89 Å². The van der Waals surface area contributed by atoms with E-state index in [1.165, 1.54) is 0 Å². The lowest BCUT2D eigenvalue weighted by Crippen LogP contribution is -2.47. The number of hydrogen-bond donors (Lipinski definition) is 1. The van der Waals surface area contributed by atoms with Crippen LogP contribution in [-0.2, 0) is 22.4 Å². The molecule has 0 bridgehead atoms. The van der Waals surface area contributed by atoms with Gasteiger partial charge in [-0.05, 0) is 18.1 Å². The number of nitrogens with one attached hydrogen (secondary N) is 1. The molecule has 1 aromatic heterocycles. The van der Waals surface area contributed by atoms with Gasteiger partial charge in [0.25, 0.3) is 0 Å². The van der Waals surface area contributed by atoms with Crippen LogP contribution in [0, 0.1) is 5.92 Å². The van der Waals surface area contributed by atoms with Crippen molar-refractivity contribution in [3.8, 4) is 5.75 Å². The smallest absolute Gasteiger partial charge is 0.229 e. The van der Waals surface area contributed by atoms with Crippen molar-refractivity contribution in [1.29, 1.82) is 0 Å². The zero-order valence-corrected chi connectivity index (χ0v) is 14.3. The number of carbonyl (C=O) groups is 1. The number of benzene rings is 1. The molecule has 2 aliphatic heterocycles. The van der Waals surface area contributed by atoms with Crippen LogP contribution in [0.25, 0.3) is 0 Å². The summed E-state index contributed by atoms with van der Waals surface area (Å²) in [5.41, 5.74) is 1.10. The molecule has 2 unspecified atom stereocenters. The summed E-state index contributed by atoms with van der Waals surface area (Å²) in [6.07, 6.45) is 1.24. The largest absolute Gasteiger partial charge is 0.492 e. The molecule has 1 fully saturated rings. The number of fused-ring (bicyclic) bond motifs is 1. The van der Waals surface area contributed by atoms with Crippen LogP contribution >= 0.6 is 0 Å². The van der Waals surface area contributed by atoms with Crippen LogP contribution in [0.3, 0.4) is 0 Å². The molecule has 2 aromatic rings. The first-order valence-electron chi connectivity index (χ1n) is 8.77. The van der Waals surface area contributed by atoms with Crippen LogP contribution < -0.4 is 4.74 Å². The molecular formula is C18H22N4O3. The summed E-state index contributed by atoms with van der Waals surface area (Å²) in [5, 5.41) is 7.13. The average molecular weight is 342 g/mol. The molecule has 4 rings (SSSR count). The summed E-state index contributed by atoms with van der Waals surface area (Å²) < 4.78 is 11.5. The average Bonchev–Trinajstić information content (AvgIpc) is 3.16. The molecule has 3 heterocycles. The fourth-order valence-corrected chi connectivity index (χ4v) is 3.36. The van der Waals surface area contributed by atoms with E-state index in [1.807, 2.05) is 36.1 Å². The van der Waals surface area contributed by atoms with E-state index in [1.54, 1.807) is 0 Å². The molecule has 2 atom stereocenters. The van der Waals surface area contributed by atoms with Gasteiger partial charge in [0.05, 0.1) is 19.1 Å². The Bertz CT molecular complexity index is 760. The summed E-state index contributed by atoms with van der Waals surface area (Å²) in [6.45, 7) is 4.02. The van der Waals surface area contributed by atoms with Crippen molar-refractivity contribution in [2.24, 2.45) is 5.92 Å².